The van der Waals surface area contributed by atoms with E-state index in [1.165, 1.54) is 11.8 Å². The molecule has 2 heterocycles. The van der Waals surface area contributed by atoms with Crippen molar-refractivity contribution in [2.24, 2.45) is 5.92 Å². The number of aromatic nitrogens is 2. The van der Waals surface area contributed by atoms with Gasteiger partial charge in [-0.3, -0.25) is 9.59 Å². The minimum atomic E-state index is -1.80. The number of nitrogens with zero attached hydrogens (tertiary/aromatic N) is 3. The zero-order valence-corrected chi connectivity index (χ0v) is 21.2. The zero-order chi connectivity index (χ0) is 26.9. The number of carbonyl (C=O) groups excluding carboxylic acids is 1. The first-order valence-electron chi connectivity index (χ1n) is 12.4. The zero-order valence-electron chi connectivity index (χ0n) is 21.2. The van der Waals surface area contributed by atoms with E-state index in [1.54, 1.807) is 60.5 Å². The van der Waals surface area contributed by atoms with Crippen molar-refractivity contribution in [1.29, 1.82) is 0 Å². The maximum absolute atomic E-state index is 13.8. The second-order valence-corrected chi connectivity index (χ2v) is 9.39. The van der Waals surface area contributed by atoms with Crippen LogP contribution in [0.5, 0.6) is 5.75 Å². The number of anilines is 1. The fraction of sp³-hybridized carbons (Fsp3) is 0.233. The van der Waals surface area contributed by atoms with Gasteiger partial charge in [0, 0.05) is 23.5 Å². The Morgan fingerprint density at radius 1 is 1.08 bits per heavy atom. The van der Waals surface area contributed by atoms with Crippen molar-refractivity contribution in [1.82, 2.24) is 9.78 Å². The molecule has 0 saturated heterocycles. The van der Waals surface area contributed by atoms with E-state index in [9.17, 15) is 14.7 Å². The molecule has 2 N–H and O–H groups in total. The summed E-state index contributed by atoms with van der Waals surface area (Å²) in [5.41, 5.74) is 0.374. The van der Waals surface area contributed by atoms with E-state index >= 15 is 0 Å². The average molecular weight is 512 g/mol. The maximum atomic E-state index is 13.8. The Hall–Kier alpha value is -4.27. The van der Waals surface area contributed by atoms with Crippen molar-refractivity contribution < 1.29 is 19.7 Å². The van der Waals surface area contributed by atoms with Crippen molar-refractivity contribution in [3.63, 3.8) is 0 Å². The van der Waals surface area contributed by atoms with Crippen LogP contribution in [0.1, 0.15) is 24.5 Å². The highest BCUT2D eigenvalue weighted by Gasteiger charge is 2.52. The molecule has 1 amide bonds. The molecule has 5 rings (SSSR count). The van der Waals surface area contributed by atoms with Crippen LogP contribution < -0.4 is 15.2 Å². The predicted octanol–water partition coefficient (Wildman–Crippen LogP) is 3.70. The highest BCUT2D eigenvalue weighted by molar-refractivity contribution is 6.07. The summed E-state index contributed by atoms with van der Waals surface area (Å²) in [6, 6.07) is 19.8. The van der Waals surface area contributed by atoms with Crippen molar-refractivity contribution in [2.45, 2.75) is 25.5 Å². The summed E-state index contributed by atoms with van der Waals surface area (Å²) in [5.74, 6) is -0.468. The minimum absolute atomic E-state index is 0.0162. The summed E-state index contributed by atoms with van der Waals surface area (Å²) >= 11 is 0. The van der Waals surface area contributed by atoms with E-state index in [1.807, 2.05) is 36.4 Å². The third-order valence-electron chi connectivity index (χ3n) is 7.05. The number of methoxy groups -OCH3 is 1. The Morgan fingerprint density at radius 3 is 2.68 bits per heavy atom. The number of ether oxygens (including phenoxy) is 1. The van der Waals surface area contributed by atoms with Crippen molar-refractivity contribution in [2.75, 3.05) is 18.6 Å². The highest BCUT2D eigenvalue weighted by atomic mass is 16.5. The Morgan fingerprint density at radius 2 is 1.89 bits per heavy atom. The summed E-state index contributed by atoms with van der Waals surface area (Å²) in [6.45, 7) is 1.94. The fourth-order valence-electron chi connectivity index (χ4n) is 4.97. The molecule has 8 nitrogen and oxygen atoms in total. The summed E-state index contributed by atoms with van der Waals surface area (Å²) < 4.78 is 6.72. The van der Waals surface area contributed by atoms with Gasteiger partial charge < -0.3 is 19.8 Å². The van der Waals surface area contributed by atoms with Gasteiger partial charge in [0.1, 0.15) is 5.75 Å². The first kappa shape index (κ1) is 25.4. The van der Waals surface area contributed by atoms with Gasteiger partial charge in [-0.15, -0.1) is 0 Å². The van der Waals surface area contributed by atoms with E-state index < -0.39 is 17.4 Å². The first-order chi connectivity index (χ1) is 18.4. The molecule has 3 aromatic carbocycles. The molecule has 0 fully saturated rings. The van der Waals surface area contributed by atoms with Gasteiger partial charge in [-0.1, -0.05) is 49.4 Å². The number of benzene rings is 3. The van der Waals surface area contributed by atoms with E-state index in [2.05, 4.69) is 5.10 Å². The van der Waals surface area contributed by atoms with Crippen LogP contribution in [0.3, 0.4) is 0 Å². The molecular weight excluding hydrogens is 482 g/mol. The van der Waals surface area contributed by atoms with Gasteiger partial charge in [0.2, 0.25) is 0 Å². The van der Waals surface area contributed by atoms with Crippen molar-refractivity contribution in [3.8, 4) is 11.4 Å². The molecule has 2 atom stereocenters. The first-order valence-corrected chi connectivity index (χ1v) is 12.4. The second-order valence-electron chi connectivity index (χ2n) is 9.39. The monoisotopic (exact) mass is 511 g/mol. The molecule has 0 bridgehead atoms. The third-order valence-corrected chi connectivity index (χ3v) is 7.05. The molecule has 194 valence electrons. The maximum Gasteiger partial charge on any atom is 0.279 e. The van der Waals surface area contributed by atoms with Crippen LogP contribution in [0.25, 0.3) is 16.5 Å². The van der Waals surface area contributed by atoms with E-state index in [-0.39, 0.29) is 18.7 Å². The van der Waals surface area contributed by atoms with Crippen LogP contribution in [0.2, 0.25) is 0 Å². The number of hydrogen-bond donors (Lipinski definition) is 2. The highest BCUT2D eigenvalue weighted by Crippen LogP contribution is 2.47. The normalized spacial score (nSPS) is 17.8. The van der Waals surface area contributed by atoms with Gasteiger partial charge in [-0.25, -0.2) is 0 Å². The topological polar surface area (TPSA) is 105 Å². The number of rotatable bonds is 8. The molecule has 8 heteroatoms. The Balaban J connectivity index is 1.52. The lowest BCUT2D eigenvalue weighted by Gasteiger charge is -2.28. The minimum Gasteiger partial charge on any atom is -0.497 e. The second kappa shape index (κ2) is 10.2. The Kier molecular flexibility index (Phi) is 6.84. The quantitative estimate of drug-likeness (QED) is 0.350. The number of fused-ring (bicyclic) bond motifs is 2. The van der Waals surface area contributed by atoms with Gasteiger partial charge in [0.15, 0.2) is 5.60 Å². The molecule has 38 heavy (non-hydrogen) atoms. The standard InChI is InChI=1S/C30H29N3O5/c1-20(8-5-6-15-34)30(37)26-17-24(38-2)13-14-27(26)32(29(30)36)19-21-9-7-11-23(16-21)33-28(35)25-12-4-3-10-22(25)18-31-33/h3-5,7-14,16-18,20,34,37H,6,15,19H2,1-2H3/b8-5+/t20-,30+/m0/s1. The number of aliphatic hydroxyl groups is 2. The lowest BCUT2D eigenvalue weighted by atomic mass is 9.83. The molecule has 0 aliphatic carbocycles. The van der Waals surface area contributed by atoms with Crippen molar-refractivity contribution in [3.05, 3.63) is 107 Å². The molecule has 4 aromatic rings. The third kappa shape index (κ3) is 4.27. The van der Waals surface area contributed by atoms with Gasteiger partial charge in [0.25, 0.3) is 11.5 Å². The van der Waals surface area contributed by atoms with E-state index in [4.69, 9.17) is 9.84 Å². The van der Waals surface area contributed by atoms with Crippen LogP contribution in [-0.2, 0) is 16.9 Å². The van der Waals surface area contributed by atoms with E-state index in [0.717, 1.165) is 10.9 Å². The van der Waals surface area contributed by atoms with Crippen molar-refractivity contribution >= 4 is 22.4 Å². The van der Waals surface area contributed by atoms with Crippen LogP contribution in [-0.4, -0.2) is 39.6 Å². The average Bonchev–Trinajstić information content (AvgIpc) is 3.15. The molecule has 0 unspecified atom stereocenters. The molecule has 1 aliphatic rings. The lowest BCUT2D eigenvalue weighted by molar-refractivity contribution is -0.139. The summed E-state index contributed by atoms with van der Waals surface area (Å²) in [5, 5.41) is 26.6. The van der Waals surface area contributed by atoms with E-state index in [0.29, 0.717) is 34.5 Å². The van der Waals surface area contributed by atoms with Crippen LogP contribution >= 0.6 is 0 Å². The molecule has 1 aliphatic heterocycles. The van der Waals surface area contributed by atoms with Gasteiger partial charge in [0.05, 0.1) is 36.6 Å². The summed E-state index contributed by atoms with van der Waals surface area (Å²) in [7, 11) is 1.54. The van der Waals surface area contributed by atoms with Gasteiger partial charge in [-0.05, 0) is 48.4 Å². The molecule has 0 saturated carbocycles. The van der Waals surface area contributed by atoms with Crippen LogP contribution in [0.4, 0.5) is 5.69 Å². The van der Waals surface area contributed by atoms with Crippen LogP contribution in [0.15, 0.2) is 89.9 Å². The smallest absolute Gasteiger partial charge is 0.279 e. The fourth-order valence-corrected chi connectivity index (χ4v) is 4.97. The predicted molar refractivity (Wildman–Crippen MR) is 145 cm³/mol. The number of carbonyl (C=O) groups is 1. The summed E-state index contributed by atoms with van der Waals surface area (Å²) in [6.07, 6.45) is 5.59. The molecule has 0 spiro atoms. The Labute approximate surface area is 220 Å². The SMILES string of the molecule is COc1ccc2c(c1)[C@](O)([C@@H](C)/C=C/CCO)C(=O)N2Cc1cccc(-n2ncc3ccccc3c2=O)c1. The van der Waals surface area contributed by atoms with Crippen LogP contribution in [0, 0.1) is 5.92 Å². The van der Waals surface area contributed by atoms with Gasteiger partial charge in [-0.2, -0.15) is 9.78 Å². The largest absolute Gasteiger partial charge is 0.497 e. The summed E-state index contributed by atoms with van der Waals surface area (Å²) in [4.78, 5) is 28.5. The molecule has 0 radical (unpaired) electrons. The number of hydrogen-bond acceptors (Lipinski definition) is 6. The molecular formula is C30H29N3O5. The number of amides is 1. The van der Waals surface area contributed by atoms with Gasteiger partial charge >= 0.3 is 0 Å². The molecule has 1 aromatic heterocycles. The number of aliphatic hydroxyl groups excluding tert-OH is 1. The lowest BCUT2D eigenvalue weighted by Crippen LogP contribution is -2.44. The Bertz CT molecular complexity index is 1590.